The number of benzene rings is 1. The predicted octanol–water partition coefficient (Wildman–Crippen LogP) is 1.42. The van der Waals surface area contributed by atoms with Crippen LogP contribution in [-0.2, 0) is 14.6 Å². The first-order chi connectivity index (χ1) is 7.48. The Morgan fingerprint density at radius 1 is 1.31 bits per heavy atom. The van der Waals surface area contributed by atoms with E-state index in [0.717, 1.165) is 0 Å². The minimum Gasteiger partial charge on any atom is -0.289 e. The normalized spacial score (nSPS) is 10.7. The summed E-state index contributed by atoms with van der Waals surface area (Å²) in [6.07, 6.45) is 0.476. The zero-order valence-electron chi connectivity index (χ0n) is 9.10. The molecule has 1 aromatic rings. The van der Waals surface area contributed by atoms with Crippen LogP contribution in [0.25, 0.3) is 0 Å². The number of rotatable bonds is 2. The fourth-order valence-electron chi connectivity index (χ4n) is 1.14. The Morgan fingerprint density at radius 2 is 2.00 bits per heavy atom. The summed E-state index contributed by atoms with van der Waals surface area (Å²) in [6, 6.07) is 6.28. The zero-order valence-corrected chi connectivity index (χ0v) is 9.91. The molecule has 0 bridgehead atoms. The number of hydrogen-bond donors (Lipinski definition) is 0. The lowest BCUT2D eigenvalue weighted by Crippen LogP contribution is -2.13. The molecule has 84 valence electrons. The molecule has 0 aliphatic carbocycles. The summed E-state index contributed by atoms with van der Waals surface area (Å²) in [5, 5.41) is -0.471. The van der Waals surface area contributed by atoms with E-state index in [-0.39, 0.29) is 4.90 Å². The van der Waals surface area contributed by atoms with Crippen molar-refractivity contribution < 1.29 is 13.2 Å². The average Bonchev–Trinajstić information content (AvgIpc) is 2.26. The molecule has 0 unspecified atom stereocenters. The van der Waals surface area contributed by atoms with Gasteiger partial charge in [0.25, 0.3) is 0 Å². The van der Waals surface area contributed by atoms with Crippen molar-refractivity contribution in [1.29, 1.82) is 0 Å². The van der Waals surface area contributed by atoms with Crippen molar-refractivity contribution in [3.63, 3.8) is 0 Å². The van der Waals surface area contributed by atoms with Gasteiger partial charge in [-0.05, 0) is 38.0 Å². The summed E-state index contributed by atoms with van der Waals surface area (Å²) in [4.78, 5) is 10.3. The average molecular weight is 236 g/mol. The van der Waals surface area contributed by atoms with Gasteiger partial charge in [0.15, 0.2) is 16.1 Å². The van der Waals surface area contributed by atoms with Gasteiger partial charge >= 0.3 is 0 Å². The van der Waals surface area contributed by atoms with Gasteiger partial charge < -0.3 is 0 Å². The molecule has 1 rings (SSSR count). The van der Waals surface area contributed by atoms with E-state index in [9.17, 15) is 13.2 Å². The van der Waals surface area contributed by atoms with Gasteiger partial charge in [0.2, 0.25) is 0 Å². The summed E-state index contributed by atoms with van der Waals surface area (Å²) >= 11 is 0. The molecule has 16 heavy (non-hydrogen) atoms. The van der Waals surface area contributed by atoms with E-state index in [1.807, 2.05) is 0 Å². The maximum Gasteiger partial charge on any atom is 0.193 e. The molecule has 0 aromatic heterocycles. The molecule has 0 N–H and O–H groups in total. The molecule has 0 saturated carbocycles. The highest BCUT2D eigenvalue weighted by atomic mass is 32.2. The minimum absolute atomic E-state index is 0.236. The molecule has 0 fully saturated rings. The Morgan fingerprint density at radius 3 is 2.56 bits per heavy atom. The minimum atomic E-state index is -3.28. The lowest BCUT2D eigenvalue weighted by molar-refractivity contribution is -0.103. The van der Waals surface area contributed by atoms with Crippen LogP contribution in [0.1, 0.15) is 19.4 Å². The SMILES string of the molecule is CC(C)S(=O)(=O)c1cccc(C#CC=O)c1. The molecule has 0 saturated heterocycles. The highest BCUT2D eigenvalue weighted by molar-refractivity contribution is 7.92. The van der Waals surface area contributed by atoms with Crippen LogP contribution in [0.5, 0.6) is 0 Å². The van der Waals surface area contributed by atoms with E-state index >= 15 is 0 Å². The van der Waals surface area contributed by atoms with Gasteiger partial charge in [-0.1, -0.05) is 12.0 Å². The van der Waals surface area contributed by atoms with E-state index in [4.69, 9.17) is 0 Å². The lowest BCUT2D eigenvalue weighted by atomic mass is 10.2. The summed E-state index contributed by atoms with van der Waals surface area (Å²) in [7, 11) is -3.28. The highest BCUT2D eigenvalue weighted by Crippen LogP contribution is 2.16. The van der Waals surface area contributed by atoms with E-state index in [1.165, 1.54) is 12.1 Å². The van der Waals surface area contributed by atoms with Crippen LogP contribution in [0, 0.1) is 11.8 Å². The van der Waals surface area contributed by atoms with Crippen molar-refractivity contribution >= 4 is 16.1 Å². The van der Waals surface area contributed by atoms with Gasteiger partial charge in [0, 0.05) is 5.56 Å². The molecule has 0 heterocycles. The summed E-state index contributed by atoms with van der Waals surface area (Å²) in [5.41, 5.74) is 0.522. The number of sulfone groups is 1. The second-order valence-electron chi connectivity index (χ2n) is 3.51. The van der Waals surface area contributed by atoms with Crippen LogP contribution < -0.4 is 0 Å². The quantitative estimate of drug-likeness (QED) is 0.576. The molecule has 0 aliphatic rings. The maximum atomic E-state index is 11.8. The molecular weight excluding hydrogens is 224 g/mol. The van der Waals surface area contributed by atoms with Crippen LogP contribution in [0.15, 0.2) is 29.2 Å². The van der Waals surface area contributed by atoms with Crippen LogP contribution in [0.4, 0.5) is 0 Å². The number of hydrogen-bond acceptors (Lipinski definition) is 3. The zero-order chi connectivity index (χ0) is 12.2. The molecule has 1 aromatic carbocycles. The van der Waals surface area contributed by atoms with E-state index in [2.05, 4.69) is 11.8 Å². The Hall–Kier alpha value is -1.60. The second kappa shape index (κ2) is 4.95. The monoisotopic (exact) mass is 236 g/mol. The van der Waals surface area contributed by atoms with Crippen molar-refractivity contribution in [2.24, 2.45) is 0 Å². The maximum absolute atomic E-state index is 11.8. The van der Waals surface area contributed by atoms with Crippen molar-refractivity contribution in [1.82, 2.24) is 0 Å². The van der Waals surface area contributed by atoms with Gasteiger partial charge in [0.05, 0.1) is 10.1 Å². The number of aldehydes is 1. The molecule has 0 amide bonds. The highest BCUT2D eigenvalue weighted by Gasteiger charge is 2.18. The largest absolute Gasteiger partial charge is 0.289 e. The van der Waals surface area contributed by atoms with Gasteiger partial charge in [-0.25, -0.2) is 8.42 Å². The van der Waals surface area contributed by atoms with Gasteiger partial charge in [0.1, 0.15) is 0 Å². The van der Waals surface area contributed by atoms with Crippen molar-refractivity contribution in [3.8, 4) is 11.8 Å². The predicted molar refractivity (Wildman–Crippen MR) is 61.7 cm³/mol. The molecule has 4 heteroatoms. The van der Waals surface area contributed by atoms with E-state index < -0.39 is 15.1 Å². The standard InChI is InChI=1S/C12H12O3S/c1-10(2)16(14,15)12-7-3-5-11(9-12)6-4-8-13/h3,5,7-10H,1-2H3. The lowest BCUT2D eigenvalue weighted by Gasteiger charge is -2.07. The van der Waals surface area contributed by atoms with Crippen LogP contribution in [0.3, 0.4) is 0 Å². The third-order valence-corrected chi connectivity index (χ3v) is 4.21. The fraction of sp³-hybridized carbons (Fsp3) is 0.250. The Kier molecular flexibility index (Phi) is 3.86. The van der Waals surface area contributed by atoms with Crippen molar-refractivity contribution in [2.75, 3.05) is 0 Å². The number of carbonyl (C=O) groups excluding carboxylic acids is 1. The summed E-state index contributed by atoms with van der Waals surface area (Å²) in [5.74, 6) is 4.81. The van der Waals surface area contributed by atoms with Crippen molar-refractivity contribution in [2.45, 2.75) is 24.0 Å². The van der Waals surface area contributed by atoms with E-state index in [1.54, 1.807) is 26.0 Å². The Labute approximate surface area is 95.4 Å². The number of carbonyl (C=O) groups is 1. The van der Waals surface area contributed by atoms with Crippen LogP contribution in [-0.4, -0.2) is 20.0 Å². The summed E-state index contributed by atoms with van der Waals surface area (Å²) < 4.78 is 23.7. The Balaban J connectivity index is 3.23. The van der Waals surface area contributed by atoms with Crippen molar-refractivity contribution in [3.05, 3.63) is 29.8 Å². The molecule has 0 radical (unpaired) electrons. The summed E-state index contributed by atoms with van der Waals surface area (Å²) in [6.45, 7) is 3.25. The smallest absolute Gasteiger partial charge is 0.193 e. The third kappa shape index (κ3) is 2.71. The molecule has 0 aliphatic heterocycles. The molecule has 3 nitrogen and oxygen atoms in total. The van der Waals surface area contributed by atoms with Gasteiger partial charge in [-0.2, -0.15) is 0 Å². The third-order valence-electron chi connectivity index (χ3n) is 2.06. The van der Waals surface area contributed by atoms with E-state index in [0.29, 0.717) is 11.8 Å². The molecular formula is C12H12O3S. The second-order valence-corrected chi connectivity index (χ2v) is 6.01. The first-order valence-corrected chi connectivity index (χ1v) is 6.32. The molecule has 0 spiro atoms. The van der Waals surface area contributed by atoms with Crippen LogP contribution in [0.2, 0.25) is 0 Å². The van der Waals surface area contributed by atoms with Crippen LogP contribution >= 0.6 is 0 Å². The Bertz CT molecular complexity index is 545. The topological polar surface area (TPSA) is 51.2 Å². The first kappa shape index (κ1) is 12.5. The first-order valence-electron chi connectivity index (χ1n) is 4.77. The van der Waals surface area contributed by atoms with Gasteiger partial charge in [-0.3, -0.25) is 4.79 Å². The van der Waals surface area contributed by atoms with Gasteiger partial charge in [-0.15, -0.1) is 0 Å². The fourth-order valence-corrected chi connectivity index (χ4v) is 2.24. The molecule has 0 atom stereocenters.